The maximum absolute atomic E-state index is 12.0. The van der Waals surface area contributed by atoms with Crippen LogP contribution in [0.15, 0.2) is 50.7 Å². The van der Waals surface area contributed by atoms with E-state index in [1.807, 2.05) is 18.2 Å². The Morgan fingerprint density at radius 2 is 2.00 bits per heavy atom. The van der Waals surface area contributed by atoms with Crippen molar-refractivity contribution in [2.24, 2.45) is 0 Å². The summed E-state index contributed by atoms with van der Waals surface area (Å²) in [5.41, 5.74) is 0.468. The summed E-state index contributed by atoms with van der Waals surface area (Å²) in [7, 11) is 0. The first-order valence-corrected chi connectivity index (χ1v) is 9.24. The fourth-order valence-corrected chi connectivity index (χ4v) is 3.33. The van der Waals surface area contributed by atoms with Crippen molar-refractivity contribution in [1.29, 1.82) is 0 Å². The van der Waals surface area contributed by atoms with Crippen LogP contribution in [0.25, 0.3) is 10.8 Å². The molecule has 0 radical (unpaired) electrons. The molecule has 7 nitrogen and oxygen atoms in total. The zero-order valence-electron chi connectivity index (χ0n) is 13.6. The van der Waals surface area contributed by atoms with Gasteiger partial charge in [0.25, 0.3) is 17.7 Å². The molecule has 3 aromatic rings. The molecule has 0 spiro atoms. The largest absolute Gasteiger partial charge is 0.454 e. The molecular weight excluding hydrogens is 422 g/mol. The number of carbonyl (C=O) groups is 2. The van der Waals surface area contributed by atoms with Gasteiger partial charge in [0.15, 0.2) is 6.61 Å². The van der Waals surface area contributed by atoms with Crippen molar-refractivity contribution in [3.8, 4) is 10.8 Å². The van der Waals surface area contributed by atoms with E-state index >= 15 is 0 Å². The lowest BCUT2D eigenvalue weighted by Crippen LogP contribution is -2.39. The Morgan fingerprint density at radius 1 is 1.23 bits per heavy atom. The second-order valence-corrected chi connectivity index (χ2v) is 7.74. The molecule has 134 valence electrons. The molecule has 0 saturated carbocycles. The molecule has 9 heteroatoms. The molecule has 0 bridgehead atoms. The summed E-state index contributed by atoms with van der Waals surface area (Å²) in [6, 6.07) is 11.5. The van der Waals surface area contributed by atoms with E-state index in [-0.39, 0.29) is 18.4 Å². The van der Waals surface area contributed by atoms with Crippen LogP contribution in [0.4, 0.5) is 0 Å². The molecule has 1 atom stereocenters. The van der Waals surface area contributed by atoms with Crippen LogP contribution in [-0.2, 0) is 16.1 Å². The van der Waals surface area contributed by atoms with Crippen LogP contribution in [0.2, 0.25) is 0 Å². The van der Waals surface area contributed by atoms with Gasteiger partial charge in [-0.2, -0.15) is 0 Å². The van der Waals surface area contributed by atoms with E-state index in [9.17, 15) is 9.59 Å². The zero-order chi connectivity index (χ0) is 18.5. The number of benzene rings is 1. The van der Waals surface area contributed by atoms with E-state index in [0.29, 0.717) is 11.5 Å². The van der Waals surface area contributed by atoms with E-state index < -0.39 is 12.0 Å². The number of hydrogen-bond acceptors (Lipinski definition) is 7. The highest BCUT2D eigenvalue weighted by atomic mass is 79.9. The number of esters is 1. The van der Waals surface area contributed by atoms with Crippen LogP contribution in [-0.4, -0.2) is 28.1 Å². The number of amides is 1. The molecule has 0 aliphatic rings. The molecule has 26 heavy (non-hydrogen) atoms. The second kappa shape index (κ2) is 8.24. The molecule has 0 unspecified atom stereocenters. The number of ether oxygens (including phenoxy) is 1. The number of hydrogen-bond donors (Lipinski definition) is 1. The monoisotopic (exact) mass is 435 g/mol. The number of thiophene rings is 1. The Hall–Kier alpha value is -2.52. The van der Waals surface area contributed by atoms with Crippen LogP contribution in [0, 0.1) is 0 Å². The fraction of sp³-hybridized carbons (Fsp3) is 0.176. The summed E-state index contributed by atoms with van der Waals surface area (Å²) in [4.78, 5) is 24.9. The Kier molecular flexibility index (Phi) is 5.79. The molecule has 0 saturated heterocycles. The summed E-state index contributed by atoms with van der Waals surface area (Å²) < 4.78 is 11.5. The highest BCUT2D eigenvalue weighted by molar-refractivity contribution is 9.11. The van der Waals surface area contributed by atoms with Crippen LogP contribution in [0.1, 0.15) is 23.2 Å². The molecular formula is C17H14BrN3O4S. The van der Waals surface area contributed by atoms with Crippen LogP contribution >= 0.6 is 27.3 Å². The van der Waals surface area contributed by atoms with Crippen molar-refractivity contribution >= 4 is 39.1 Å². The quantitative estimate of drug-likeness (QED) is 0.596. The first-order valence-electron chi connectivity index (χ1n) is 7.63. The predicted octanol–water partition coefficient (Wildman–Crippen LogP) is 3.42. The van der Waals surface area contributed by atoms with Gasteiger partial charge in [0.2, 0.25) is 0 Å². The standard InChI is InChI=1S/C17H14BrN3O4S/c1-10(19-15(22)11-5-3-2-4-6-11)17(23)24-9-14-20-21-16(25-14)12-7-8-13(18)26-12/h2-8,10H,9H2,1H3,(H,19,22)/t10-/m0/s1. The van der Waals surface area contributed by atoms with Crippen LogP contribution < -0.4 is 5.32 Å². The summed E-state index contributed by atoms with van der Waals surface area (Å²) in [5.74, 6) is -0.400. The number of nitrogens with one attached hydrogen (secondary N) is 1. The van der Waals surface area contributed by atoms with E-state index in [0.717, 1.165) is 8.66 Å². The first-order chi connectivity index (χ1) is 12.5. The summed E-state index contributed by atoms with van der Waals surface area (Å²) >= 11 is 4.82. The molecule has 1 aromatic carbocycles. The first kappa shape index (κ1) is 18.3. The summed E-state index contributed by atoms with van der Waals surface area (Å²) in [6.07, 6.45) is 0. The van der Waals surface area contributed by atoms with Crippen molar-refractivity contribution in [3.05, 3.63) is 57.7 Å². The number of carbonyl (C=O) groups excluding carboxylic acids is 2. The van der Waals surface area contributed by atoms with Gasteiger partial charge in [-0.25, -0.2) is 4.79 Å². The van der Waals surface area contributed by atoms with Crippen molar-refractivity contribution < 1.29 is 18.7 Å². The van der Waals surface area contributed by atoms with Gasteiger partial charge in [-0.15, -0.1) is 21.5 Å². The van der Waals surface area contributed by atoms with Crippen molar-refractivity contribution in [2.45, 2.75) is 19.6 Å². The van der Waals surface area contributed by atoms with Gasteiger partial charge in [0, 0.05) is 5.56 Å². The smallest absolute Gasteiger partial charge is 0.328 e. The second-order valence-electron chi connectivity index (χ2n) is 5.27. The van der Waals surface area contributed by atoms with Gasteiger partial charge >= 0.3 is 5.97 Å². The lowest BCUT2D eigenvalue weighted by atomic mass is 10.2. The van der Waals surface area contributed by atoms with Crippen molar-refractivity contribution in [1.82, 2.24) is 15.5 Å². The topological polar surface area (TPSA) is 94.3 Å². The maximum atomic E-state index is 12.0. The van der Waals surface area contributed by atoms with E-state index in [2.05, 4.69) is 31.4 Å². The molecule has 3 rings (SSSR count). The minimum atomic E-state index is -0.807. The van der Waals surface area contributed by atoms with E-state index in [4.69, 9.17) is 9.15 Å². The van der Waals surface area contributed by atoms with Gasteiger partial charge < -0.3 is 14.5 Å². The Labute approximate surface area is 161 Å². The predicted molar refractivity (Wildman–Crippen MR) is 98.5 cm³/mol. The number of halogens is 1. The third-order valence-corrected chi connectivity index (χ3v) is 4.94. The Balaban J connectivity index is 1.52. The summed E-state index contributed by atoms with van der Waals surface area (Å²) in [6.45, 7) is 1.38. The van der Waals surface area contributed by atoms with Crippen LogP contribution in [0.5, 0.6) is 0 Å². The minimum Gasteiger partial charge on any atom is -0.454 e. The van der Waals surface area contributed by atoms with Gasteiger partial charge in [0.1, 0.15) is 6.04 Å². The zero-order valence-corrected chi connectivity index (χ0v) is 16.0. The normalized spacial score (nSPS) is 11.8. The highest BCUT2D eigenvalue weighted by Gasteiger charge is 2.19. The molecule has 0 aliphatic carbocycles. The molecule has 1 N–H and O–H groups in total. The lowest BCUT2D eigenvalue weighted by molar-refractivity contribution is -0.147. The number of nitrogens with zero attached hydrogens (tertiary/aromatic N) is 2. The molecule has 2 aromatic heterocycles. The van der Waals surface area contributed by atoms with Gasteiger partial charge in [-0.3, -0.25) is 4.79 Å². The van der Waals surface area contributed by atoms with Gasteiger partial charge in [0.05, 0.1) is 8.66 Å². The third-order valence-electron chi connectivity index (χ3n) is 3.33. The van der Waals surface area contributed by atoms with Crippen molar-refractivity contribution in [3.63, 3.8) is 0 Å². The molecule has 0 fully saturated rings. The van der Waals surface area contributed by atoms with Gasteiger partial charge in [-0.1, -0.05) is 18.2 Å². The number of rotatable bonds is 6. The van der Waals surface area contributed by atoms with E-state index in [1.54, 1.807) is 31.2 Å². The third kappa shape index (κ3) is 4.55. The Morgan fingerprint density at radius 3 is 2.69 bits per heavy atom. The fourth-order valence-electron chi connectivity index (χ4n) is 2.03. The number of aromatic nitrogens is 2. The molecule has 2 heterocycles. The Bertz CT molecular complexity index is 910. The minimum absolute atomic E-state index is 0.163. The van der Waals surface area contributed by atoms with E-state index in [1.165, 1.54) is 11.3 Å². The summed E-state index contributed by atoms with van der Waals surface area (Å²) in [5, 5.41) is 10.4. The van der Waals surface area contributed by atoms with Crippen molar-refractivity contribution in [2.75, 3.05) is 0 Å². The van der Waals surface area contributed by atoms with Crippen LogP contribution in [0.3, 0.4) is 0 Å². The van der Waals surface area contributed by atoms with Gasteiger partial charge in [-0.05, 0) is 47.1 Å². The molecule has 1 amide bonds. The average molecular weight is 436 g/mol. The SMILES string of the molecule is C[C@H](NC(=O)c1ccccc1)C(=O)OCc1nnc(-c2ccc(Br)s2)o1. The maximum Gasteiger partial charge on any atom is 0.328 e. The molecule has 0 aliphatic heterocycles. The lowest BCUT2D eigenvalue weighted by Gasteiger charge is -2.12. The highest BCUT2D eigenvalue weighted by Crippen LogP contribution is 2.30. The average Bonchev–Trinajstić information content (AvgIpc) is 3.29.